The molecule has 1 heterocycles. The topological polar surface area (TPSA) is 54.0 Å². The van der Waals surface area contributed by atoms with Gasteiger partial charge in [0, 0.05) is 30.7 Å². The molecule has 0 spiro atoms. The van der Waals surface area contributed by atoms with E-state index in [4.69, 9.17) is 0 Å². The van der Waals surface area contributed by atoms with E-state index in [-0.39, 0.29) is 11.4 Å². The van der Waals surface area contributed by atoms with Crippen molar-refractivity contribution in [2.45, 2.75) is 58.0 Å². The van der Waals surface area contributed by atoms with Gasteiger partial charge in [0.05, 0.1) is 5.69 Å². The van der Waals surface area contributed by atoms with Gasteiger partial charge in [-0.15, -0.1) is 0 Å². The summed E-state index contributed by atoms with van der Waals surface area (Å²) < 4.78 is 0. The maximum atomic E-state index is 11.8. The lowest BCUT2D eigenvalue weighted by Gasteiger charge is -2.25. The smallest absolute Gasteiger partial charge is 0.221 e. The molecule has 0 aliphatic heterocycles. The number of rotatable bonds is 4. The van der Waals surface area contributed by atoms with Crippen LogP contribution >= 0.6 is 0 Å². The molecule has 1 aliphatic carbocycles. The fraction of sp³-hybridized carbons (Fsp3) is 0.625. The molecule has 1 unspecified atom stereocenters. The minimum Gasteiger partial charge on any atom is -0.351 e. The van der Waals surface area contributed by atoms with Crippen molar-refractivity contribution in [3.8, 4) is 0 Å². The molecule has 110 valence electrons. The summed E-state index contributed by atoms with van der Waals surface area (Å²) in [6, 6.07) is 4.45. The molecule has 4 heteroatoms. The highest BCUT2D eigenvalue weighted by atomic mass is 16.1. The van der Waals surface area contributed by atoms with Crippen LogP contribution in [0.15, 0.2) is 18.3 Å². The van der Waals surface area contributed by atoms with Crippen molar-refractivity contribution in [1.82, 2.24) is 15.6 Å². The lowest BCUT2D eigenvalue weighted by atomic mass is 9.92. The molecule has 2 rings (SSSR count). The molecule has 0 aromatic carbocycles. The molecule has 4 nitrogen and oxygen atoms in total. The Balaban J connectivity index is 1.82. The number of hydrogen-bond acceptors (Lipinski definition) is 3. The zero-order valence-electron chi connectivity index (χ0n) is 12.7. The van der Waals surface area contributed by atoms with E-state index in [9.17, 15) is 4.79 Å². The molecule has 0 bridgehead atoms. The van der Waals surface area contributed by atoms with Gasteiger partial charge in [-0.2, -0.15) is 0 Å². The molecule has 0 fully saturated rings. The zero-order valence-corrected chi connectivity index (χ0v) is 12.7. The Kier molecular flexibility index (Phi) is 4.76. The molecule has 1 amide bonds. The Bertz CT molecular complexity index is 465. The van der Waals surface area contributed by atoms with Gasteiger partial charge < -0.3 is 10.6 Å². The van der Waals surface area contributed by atoms with Crippen LogP contribution in [-0.4, -0.2) is 23.0 Å². The number of amides is 1. The highest BCUT2D eigenvalue weighted by Crippen LogP contribution is 2.27. The lowest BCUT2D eigenvalue weighted by Crippen LogP contribution is -2.41. The minimum absolute atomic E-state index is 0.0991. The average Bonchev–Trinajstić information content (AvgIpc) is 2.37. The fourth-order valence-corrected chi connectivity index (χ4v) is 2.65. The van der Waals surface area contributed by atoms with Crippen molar-refractivity contribution in [3.05, 3.63) is 29.6 Å². The Morgan fingerprint density at radius 3 is 3.00 bits per heavy atom. The first-order valence-electron chi connectivity index (χ1n) is 7.44. The highest BCUT2D eigenvalue weighted by Gasteiger charge is 2.21. The second-order valence-corrected chi connectivity index (χ2v) is 6.49. The molecule has 1 aliphatic rings. The average molecular weight is 275 g/mol. The molecule has 1 aromatic rings. The molecule has 1 aromatic heterocycles. The SMILES string of the molecule is CC(C)(C)NC(=O)CCNC1CCCc2cccnc21. The minimum atomic E-state index is -0.157. The van der Waals surface area contributed by atoms with Crippen molar-refractivity contribution in [2.24, 2.45) is 0 Å². The summed E-state index contributed by atoms with van der Waals surface area (Å²) in [7, 11) is 0. The summed E-state index contributed by atoms with van der Waals surface area (Å²) in [5.41, 5.74) is 2.35. The Labute approximate surface area is 121 Å². The van der Waals surface area contributed by atoms with Crippen molar-refractivity contribution in [2.75, 3.05) is 6.54 Å². The van der Waals surface area contributed by atoms with Crippen molar-refractivity contribution in [1.29, 1.82) is 0 Å². The predicted molar refractivity (Wildman–Crippen MR) is 80.4 cm³/mol. The third-order valence-electron chi connectivity index (χ3n) is 3.45. The van der Waals surface area contributed by atoms with Gasteiger partial charge in [0.2, 0.25) is 5.91 Å². The van der Waals surface area contributed by atoms with Gasteiger partial charge in [-0.3, -0.25) is 9.78 Å². The van der Waals surface area contributed by atoms with Crippen molar-refractivity contribution >= 4 is 5.91 Å². The Morgan fingerprint density at radius 1 is 1.45 bits per heavy atom. The molecular weight excluding hydrogens is 250 g/mol. The number of fused-ring (bicyclic) bond motifs is 1. The van der Waals surface area contributed by atoms with E-state index in [2.05, 4.69) is 21.7 Å². The third kappa shape index (κ3) is 4.30. The van der Waals surface area contributed by atoms with Gasteiger partial charge >= 0.3 is 0 Å². The number of carbonyl (C=O) groups is 1. The first-order chi connectivity index (χ1) is 9.46. The monoisotopic (exact) mass is 275 g/mol. The number of aryl methyl sites for hydroxylation is 1. The van der Waals surface area contributed by atoms with Gasteiger partial charge in [0.15, 0.2) is 0 Å². The summed E-state index contributed by atoms with van der Waals surface area (Å²) in [5.74, 6) is 0.0991. The van der Waals surface area contributed by atoms with Crippen molar-refractivity contribution in [3.63, 3.8) is 0 Å². The molecule has 2 N–H and O–H groups in total. The number of pyridine rings is 1. The second-order valence-electron chi connectivity index (χ2n) is 6.49. The first kappa shape index (κ1) is 15.0. The van der Waals surface area contributed by atoms with E-state index in [1.54, 1.807) is 0 Å². The van der Waals surface area contributed by atoms with Crippen LogP contribution in [0.3, 0.4) is 0 Å². The summed E-state index contributed by atoms with van der Waals surface area (Å²) in [6.07, 6.45) is 5.77. The van der Waals surface area contributed by atoms with E-state index < -0.39 is 0 Å². The number of nitrogens with one attached hydrogen (secondary N) is 2. The number of aromatic nitrogens is 1. The standard InChI is InChI=1S/C16H25N3O/c1-16(2,3)19-14(20)9-11-17-13-8-4-6-12-7-5-10-18-15(12)13/h5,7,10,13,17H,4,6,8-9,11H2,1-3H3,(H,19,20). The normalized spacial score (nSPS) is 18.4. The maximum Gasteiger partial charge on any atom is 0.221 e. The predicted octanol–water partition coefficient (Wildman–Crippen LogP) is 2.35. The Morgan fingerprint density at radius 2 is 2.25 bits per heavy atom. The van der Waals surface area contributed by atoms with E-state index in [0.29, 0.717) is 19.0 Å². The molecular formula is C16H25N3O. The van der Waals surface area contributed by atoms with Crippen molar-refractivity contribution < 1.29 is 4.79 Å². The van der Waals surface area contributed by atoms with E-state index in [1.165, 1.54) is 12.0 Å². The molecule has 1 atom stereocenters. The van der Waals surface area contributed by atoms with Gasteiger partial charge in [-0.05, 0) is 51.7 Å². The third-order valence-corrected chi connectivity index (χ3v) is 3.45. The molecule has 0 saturated carbocycles. The summed E-state index contributed by atoms with van der Waals surface area (Å²) in [5, 5.41) is 6.45. The quantitative estimate of drug-likeness (QED) is 0.887. The first-order valence-corrected chi connectivity index (χ1v) is 7.44. The van der Waals surface area contributed by atoms with Gasteiger partial charge in [0.1, 0.15) is 0 Å². The Hall–Kier alpha value is -1.42. The highest BCUT2D eigenvalue weighted by molar-refractivity contribution is 5.76. The summed E-state index contributed by atoms with van der Waals surface area (Å²) in [4.78, 5) is 16.3. The second kappa shape index (κ2) is 6.35. The van der Waals surface area contributed by atoms with Crippen LogP contribution in [0.2, 0.25) is 0 Å². The zero-order chi connectivity index (χ0) is 14.6. The number of nitrogens with zero attached hydrogens (tertiary/aromatic N) is 1. The van der Waals surface area contributed by atoms with Crippen LogP contribution in [0.5, 0.6) is 0 Å². The molecule has 0 saturated heterocycles. The largest absolute Gasteiger partial charge is 0.351 e. The maximum absolute atomic E-state index is 11.8. The van der Waals surface area contributed by atoms with E-state index >= 15 is 0 Å². The van der Waals surface area contributed by atoms with Crippen LogP contribution in [0.4, 0.5) is 0 Å². The molecule has 20 heavy (non-hydrogen) atoms. The van der Waals surface area contributed by atoms with Gasteiger partial charge in [-0.25, -0.2) is 0 Å². The summed E-state index contributed by atoms with van der Waals surface area (Å²) >= 11 is 0. The van der Waals surface area contributed by atoms with Gasteiger partial charge in [0.25, 0.3) is 0 Å². The number of carbonyl (C=O) groups excluding carboxylic acids is 1. The van der Waals surface area contributed by atoms with E-state index in [1.807, 2.05) is 33.0 Å². The summed E-state index contributed by atoms with van der Waals surface area (Å²) in [6.45, 7) is 6.70. The molecule has 0 radical (unpaired) electrons. The van der Waals surface area contributed by atoms with Gasteiger partial charge in [-0.1, -0.05) is 6.07 Å². The van der Waals surface area contributed by atoms with Crippen LogP contribution in [0.25, 0.3) is 0 Å². The van der Waals surface area contributed by atoms with Crippen LogP contribution in [-0.2, 0) is 11.2 Å². The van der Waals surface area contributed by atoms with Crippen LogP contribution < -0.4 is 10.6 Å². The van der Waals surface area contributed by atoms with Crippen LogP contribution in [0, 0.1) is 0 Å². The number of hydrogen-bond donors (Lipinski definition) is 2. The lowest BCUT2D eigenvalue weighted by molar-refractivity contribution is -0.122. The fourth-order valence-electron chi connectivity index (χ4n) is 2.65. The van der Waals surface area contributed by atoms with Crippen LogP contribution in [0.1, 0.15) is 57.3 Å². The van der Waals surface area contributed by atoms with E-state index in [0.717, 1.165) is 18.5 Å².